The van der Waals surface area contributed by atoms with E-state index in [0.717, 1.165) is 25.1 Å². The summed E-state index contributed by atoms with van der Waals surface area (Å²) in [6.45, 7) is 1.36. The lowest BCUT2D eigenvalue weighted by Gasteiger charge is -2.25. The van der Waals surface area contributed by atoms with E-state index in [2.05, 4.69) is 22.3 Å². The SMILES string of the molecule is COc1ccc(CN(CC(=O)NC2CCCCCCC2)C2CC2)cc1. The van der Waals surface area contributed by atoms with Crippen molar-refractivity contribution >= 4 is 5.91 Å². The van der Waals surface area contributed by atoms with Crippen LogP contribution in [0, 0.1) is 0 Å². The van der Waals surface area contributed by atoms with E-state index in [1.54, 1.807) is 7.11 Å². The van der Waals surface area contributed by atoms with Gasteiger partial charge in [0, 0.05) is 18.6 Å². The van der Waals surface area contributed by atoms with Crippen LogP contribution in [0.2, 0.25) is 0 Å². The van der Waals surface area contributed by atoms with E-state index in [9.17, 15) is 4.79 Å². The van der Waals surface area contributed by atoms with Crippen LogP contribution in [0.25, 0.3) is 0 Å². The van der Waals surface area contributed by atoms with Crippen molar-refractivity contribution in [2.75, 3.05) is 13.7 Å². The molecule has 0 spiro atoms. The largest absolute Gasteiger partial charge is 0.497 e. The van der Waals surface area contributed by atoms with E-state index in [-0.39, 0.29) is 5.91 Å². The molecule has 0 aliphatic heterocycles. The number of nitrogens with one attached hydrogen (secondary N) is 1. The van der Waals surface area contributed by atoms with E-state index in [1.165, 1.54) is 50.5 Å². The minimum atomic E-state index is 0.200. The highest BCUT2D eigenvalue weighted by Gasteiger charge is 2.30. The van der Waals surface area contributed by atoms with Gasteiger partial charge in [-0.1, -0.05) is 44.2 Å². The molecule has 2 saturated carbocycles. The fourth-order valence-electron chi connectivity index (χ4n) is 3.78. The Morgan fingerprint density at radius 2 is 1.68 bits per heavy atom. The highest BCUT2D eigenvalue weighted by Crippen LogP contribution is 2.28. The van der Waals surface area contributed by atoms with Crippen LogP contribution in [-0.4, -0.2) is 36.5 Å². The minimum Gasteiger partial charge on any atom is -0.497 e. The zero-order valence-corrected chi connectivity index (χ0v) is 15.5. The molecular weight excluding hydrogens is 312 g/mol. The topological polar surface area (TPSA) is 41.6 Å². The van der Waals surface area contributed by atoms with E-state index in [0.29, 0.717) is 18.6 Å². The van der Waals surface area contributed by atoms with Crippen molar-refractivity contribution in [3.8, 4) is 5.75 Å². The van der Waals surface area contributed by atoms with Gasteiger partial charge < -0.3 is 10.1 Å². The van der Waals surface area contributed by atoms with Gasteiger partial charge in [0.25, 0.3) is 0 Å². The van der Waals surface area contributed by atoms with Crippen molar-refractivity contribution in [2.24, 2.45) is 0 Å². The van der Waals surface area contributed by atoms with E-state index in [4.69, 9.17) is 4.74 Å². The fraction of sp³-hybridized carbons (Fsp3) is 0.667. The van der Waals surface area contributed by atoms with E-state index < -0.39 is 0 Å². The third kappa shape index (κ3) is 6.03. The first-order valence-corrected chi connectivity index (χ1v) is 9.91. The highest BCUT2D eigenvalue weighted by molar-refractivity contribution is 5.78. The van der Waals surface area contributed by atoms with E-state index >= 15 is 0 Å². The molecule has 1 N–H and O–H groups in total. The summed E-state index contributed by atoms with van der Waals surface area (Å²) in [5.41, 5.74) is 1.24. The molecule has 4 nitrogen and oxygen atoms in total. The van der Waals surface area contributed by atoms with Gasteiger partial charge in [0.05, 0.1) is 13.7 Å². The predicted molar refractivity (Wildman–Crippen MR) is 101 cm³/mol. The van der Waals surface area contributed by atoms with Crippen molar-refractivity contribution < 1.29 is 9.53 Å². The summed E-state index contributed by atoms with van der Waals surface area (Å²) in [7, 11) is 1.69. The normalized spacial score (nSPS) is 19.3. The summed E-state index contributed by atoms with van der Waals surface area (Å²) in [5.74, 6) is 1.08. The second-order valence-corrected chi connectivity index (χ2v) is 7.59. The van der Waals surface area contributed by atoms with Gasteiger partial charge in [-0.15, -0.1) is 0 Å². The molecule has 0 saturated heterocycles. The van der Waals surface area contributed by atoms with Crippen molar-refractivity contribution in [1.82, 2.24) is 10.2 Å². The van der Waals surface area contributed by atoms with Gasteiger partial charge >= 0.3 is 0 Å². The lowest BCUT2D eigenvalue weighted by molar-refractivity contribution is -0.123. The number of benzene rings is 1. The predicted octanol–water partition coefficient (Wildman–Crippen LogP) is 3.89. The average molecular weight is 344 g/mol. The summed E-state index contributed by atoms with van der Waals surface area (Å²) in [6.07, 6.45) is 11.2. The third-order valence-electron chi connectivity index (χ3n) is 5.42. The molecule has 0 bridgehead atoms. The van der Waals surface area contributed by atoms with Gasteiger partial charge in [0.2, 0.25) is 5.91 Å². The van der Waals surface area contributed by atoms with E-state index in [1.807, 2.05) is 12.1 Å². The standard InChI is InChI=1S/C21H32N2O2/c1-25-20-13-9-17(10-14-20)15-23(19-11-12-19)16-21(24)22-18-7-5-3-2-4-6-8-18/h9-10,13-14,18-19H,2-8,11-12,15-16H2,1H3,(H,22,24). The number of hydrogen-bond acceptors (Lipinski definition) is 3. The number of hydrogen-bond donors (Lipinski definition) is 1. The summed E-state index contributed by atoms with van der Waals surface area (Å²) in [5, 5.41) is 3.30. The van der Waals surface area contributed by atoms with Crippen LogP contribution < -0.4 is 10.1 Å². The Hall–Kier alpha value is -1.55. The number of nitrogens with zero attached hydrogens (tertiary/aromatic N) is 1. The fourth-order valence-corrected chi connectivity index (χ4v) is 3.78. The summed E-state index contributed by atoms with van der Waals surface area (Å²) in [6, 6.07) is 9.14. The molecule has 138 valence electrons. The Morgan fingerprint density at radius 1 is 1.04 bits per heavy atom. The molecule has 2 aliphatic rings. The monoisotopic (exact) mass is 344 g/mol. The van der Waals surface area contributed by atoms with Crippen LogP contribution in [0.5, 0.6) is 5.75 Å². The van der Waals surface area contributed by atoms with Crippen LogP contribution in [0.4, 0.5) is 0 Å². The molecule has 0 atom stereocenters. The summed E-state index contributed by atoms with van der Waals surface area (Å²) < 4.78 is 5.22. The number of carbonyl (C=O) groups excluding carboxylic acids is 1. The Balaban J connectivity index is 1.51. The van der Waals surface area contributed by atoms with Crippen LogP contribution in [0.1, 0.15) is 63.4 Å². The number of rotatable bonds is 7. The van der Waals surface area contributed by atoms with Crippen molar-refractivity contribution in [2.45, 2.75) is 76.4 Å². The Morgan fingerprint density at radius 3 is 2.28 bits per heavy atom. The smallest absolute Gasteiger partial charge is 0.234 e. The van der Waals surface area contributed by atoms with Crippen molar-refractivity contribution in [1.29, 1.82) is 0 Å². The first-order chi connectivity index (χ1) is 12.2. The molecule has 2 aliphatic carbocycles. The maximum absolute atomic E-state index is 12.6. The van der Waals surface area contributed by atoms with Crippen LogP contribution in [-0.2, 0) is 11.3 Å². The van der Waals surface area contributed by atoms with Gasteiger partial charge in [-0.25, -0.2) is 0 Å². The number of amides is 1. The first-order valence-electron chi connectivity index (χ1n) is 9.91. The zero-order chi connectivity index (χ0) is 17.5. The second kappa shape index (κ2) is 9.23. The zero-order valence-electron chi connectivity index (χ0n) is 15.5. The molecule has 1 amide bonds. The molecule has 0 unspecified atom stereocenters. The van der Waals surface area contributed by atoms with Crippen LogP contribution in [0.3, 0.4) is 0 Å². The Kier molecular flexibility index (Phi) is 6.74. The molecule has 4 heteroatoms. The quantitative estimate of drug-likeness (QED) is 0.816. The van der Waals surface area contributed by atoms with Gasteiger partial charge in [-0.3, -0.25) is 9.69 Å². The average Bonchev–Trinajstić information content (AvgIpc) is 3.42. The number of ether oxygens (including phenoxy) is 1. The number of carbonyl (C=O) groups is 1. The summed E-state index contributed by atoms with van der Waals surface area (Å²) >= 11 is 0. The maximum Gasteiger partial charge on any atom is 0.234 e. The first kappa shape index (κ1) is 18.2. The highest BCUT2D eigenvalue weighted by atomic mass is 16.5. The van der Waals surface area contributed by atoms with Gasteiger partial charge in [0.1, 0.15) is 5.75 Å². The molecule has 0 aromatic heterocycles. The Labute approximate surface area is 151 Å². The van der Waals surface area contributed by atoms with Crippen molar-refractivity contribution in [3.05, 3.63) is 29.8 Å². The van der Waals surface area contributed by atoms with Gasteiger partial charge in [-0.2, -0.15) is 0 Å². The molecular formula is C21H32N2O2. The van der Waals surface area contributed by atoms with Crippen LogP contribution >= 0.6 is 0 Å². The lowest BCUT2D eigenvalue weighted by atomic mass is 9.97. The van der Waals surface area contributed by atoms with Crippen LogP contribution in [0.15, 0.2) is 24.3 Å². The molecule has 3 rings (SSSR count). The molecule has 2 fully saturated rings. The molecule has 0 heterocycles. The van der Waals surface area contributed by atoms with Crippen molar-refractivity contribution in [3.63, 3.8) is 0 Å². The second-order valence-electron chi connectivity index (χ2n) is 7.59. The molecule has 1 aromatic carbocycles. The Bertz CT molecular complexity index is 531. The summed E-state index contributed by atoms with van der Waals surface area (Å²) in [4.78, 5) is 14.9. The number of methoxy groups -OCH3 is 1. The molecule has 25 heavy (non-hydrogen) atoms. The lowest BCUT2D eigenvalue weighted by Crippen LogP contribution is -2.42. The minimum absolute atomic E-state index is 0.200. The third-order valence-corrected chi connectivity index (χ3v) is 5.42. The van der Waals surface area contributed by atoms with Gasteiger partial charge in [-0.05, 0) is 43.4 Å². The maximum atomic E-state index is 12.6. The molecule has 0 radical (unpaired) electrons. The molecule has 1 aromatic rings. The van der Waals surface area contributed by atoms with Gasteiger partial charge in [0.15, 0.2) is 0 Å².